The van der Waals surface area contributed by atoms with Crippen molar-refractivity contribution in [2.75, 3.05) is 0 Å². The maximum atomic E-state index is 13.1. The van der Waals surface area contributed by atoms with Crippen molar-refractivity contribution in [2.45, 2.75) is 25.8 Å². The molecule has 6 heteroatoms. The van der Waals surface area contributed by atoms with Crippen LogP contribution in [0.1, 0.15) is 18.9 Å². The third-order valence-corrected chi connectivity index (χ3v) is 3.41. The number of rotatable bonds is 5. The number of ether oxygens (including phenoxy) is 1. The Kier molecular flexibility index (Phi) is 5.03. The van der Waals surface area contributed by atoms with Crippen molar-refractivity contribution in [3.63, 3.8) is 0 Å². The Labute approximate surface area is 125 Å². The first-order valence-corrected chi connectivity index (χ1v) is 7.07. The first-order valence-electron chi connectivity index (χ1n) is 6.28. The molecule has 2 N–H and O–H groups in total. The van der Waals surface area contributed by atoms with Crippen molar-refractivity contribution in [2.24, 2.45) is 5.73 Å². The van der Waals surface area contributed by atoms with Gasteiger partial charge in [0.1, 0.15) is 11.6 Å². The Bertz CT molecular complexity index is 577. The van der Waals surface area contributed by atoms with E-state index >= 15 is 0 Å². The predicted octanol–water partition coefficient (Wildman–Crippen LogP) is 3.45. The molecule has 0 aliphatic carbocycles. The summed E-state index contributed by atoms with van der Waals surface area (Å²) < 4.78 is 18.9. The third-order valence-electron chi connectivity index (χ3n) is 2.80. The maximum absolute atomic E-state index is 13.1. The molecule has 1 atom stereocenters. The second kappa shape index (κ2) is 6.76. The second-order valence-electron chi connectivity index (χ2n) is 4.42. The average molecular weight is 340 g/mol. The Hall–Kier alpha value is -1.53. The van der Waals surface area contributed by atoms with Crippen LogP contribution in [0.25, 0.3) is 0 Å². The van der Waals surface area contributed by atoms with Gasteiger partial charge in [0.2, 0.25) is 0 Å². The number of benzene rings is 1. The number of aromatic nitrogens is 2. The molecule has 0 spiro atoms. The van der Waals surface area contributed by atoms with Crippen LogP contribution in [-0.2, 0) is 6.42 Å². The van der Waals surface area contributed by atoms with Gasteiger partial charge in [-0.25, -0.2) is 14.4 Å². The molecule has 0 aliphatic heterocycles. The molecule has 0 fully saturated rings. The first-order chi connectivity index (χ1) is 9.58. The normalized spacial score (nSPS) is 12.2. The molecule has 0 aliphatic rings. The lowest BCUT2D eigenvalue weighted by Crippen LogP contribution is -2.21. The molecule has 0 amide bonds. The van der Waals surface area contributed by atoms with Gasteiger partial charge in [0.05, 0.1) is 4.47 Å². The Morgan fingerprint density at radius 3 is 2.65 bits per heavy atom. The zero-order valence-corrected chi connectivity index (χ0v) is 12.6. The smallest absolute Gasteiger partial charge is 0.321 e. The van der Waals surface area contributed by atoms with Gasteiger partial charge in [-0.15, -0.1) is 0 Å². The Morgan fingerprint density at radius 1 is 1.35 bits per heavy atom. The number of nitrogens with zero attached hydrogens (tertiary/aromatic N) is 2. The number of halogens is 2. The van der Waals surface area contributed by atoms with E-state index in [0.717, 1.165) is 18.4 Å². The summed E-state index contributed by atoms with van der Waals surface area (Å²) >= 11 is 3.10. The summed E-state index contributed by atoms with van der Waals surface area (Å²) in [6.45, 7) is 2.04. The van der Waals surface area contributed by atoms with Crippen molar-refractivity contribution in [3.8, 4) is 11.8 Å². The summed E-state index contributed by atoms with van der Waals surface area (Å²) in [5.74, 6) is 0.124. The standard InChI is InChI=1S/C14H15BrFN3O/c1-2-10(17)5-9-7-18-14(19-8-9)20-11-3-4-13(16)12(15)6-11/h3-4,6-8,10H,2,5,17H2,1H3. The van der Waals surface area contributed by atoms with E-state index < -0.39 is 0 Å². The highest BCUT2D eigenvalue weighted by molar-refractivity contribution is 9.10. The van der Waals surface area contributed by atoms with E-state index in [1.807, 2.05) is 6.92 Å². The van der Waals surface area contributed by atoms with E-state index in [-0.39, 0.29) is 17.9 Å². The van der Waals surface area contributed by atoms with Crippen LogP contribution in [0.5, 0.6) is 11.8 Å². The summed E-state index contributed by atoms with van der Waals surface area (Å²) in [7, 11) is 0. The molecule has 0 saturated carbocycles. The molecule has 1 unspecified atom stereocenters. The highest BCUT2D eigenvalue weighted by Gasteiger charge is 2.06. The lowest BCUT2D eigenvalue weighted by atomic mass is 10.1. The van der Waals surface area contributed by atoms with Gasteiger partial charge in [-0.2, -0.15) is 0 Å². The molecule has 20 heavy (non-hydrogen) atoms. The topological polar surface area (TPSA) is 61.0 Å². The van der Waals surface area contributed by atoms with Gasteiger partial charge in [-0.3, -0.25) is 0 Å². The minimum Gasteiger partial charge on any atom is -0.424 e. The van der Waals surface area contributed by atoms with E-state index in [2.05, 4.69) is 25.9 Å². The van der Waals surface area contributed by atoms with Gasteiger partial charge in [-0.05, 0) is 52.5 Å². The highest BCUT2D eigenvalue weighted by atomic mass is 79.9. The lowest BCUT2D eigenvalue weighted by molar-refractivity contribution is 0.438. The number of hydrogen-bond donors (Lipinski definition) is 1. The van der Waals surface area contributed by atoms with Crippen LogP contribution < -0.4 is 10.5 Å². The molecule has 0 bridgehead atoms. The maximum Gasteiger partial charge on any atom is 0.321 e. The van der Waals surface area contributed by atoms with Crippen LogP contribution in [0.4, 0.5) is 4.39 Å². The monoisotopic (exact) mass is 339 g/mol. The zero-order valence-electron chi connectivity index (χ0n) is 11.0. The third kappa shape index (κ3) is 3.98. The molecule has 2 rings (SSSR count). The molecular weight excluding hydrogens is 325 g/mol. The minimum absolute atomic E-state index is 0.110. The molecular formula is C14H15BrFN3O. The predicted molar refractivity (Wildman–Crippen MR) is 78.2 cm³/mol. The molecule has 0 saturated heterocycles. The van der Waals surface area contributed by atoms with Gasteiger partial charge in [-0.1, -0.05) is 6.92 Å². The van der Waals surface area contributed by atoms with Crippen molar-refractivity contribution in [3.05, 3.63) is 46.4 Å². The minimum atomic E-state index is -0.345. The molecule has 2 aromatic rings. The summed E-state index contributed by atoms with van der Waals surface area (Å²) in [5, 5.41) is 0. The summed E-state index contributed by atoms with van der Waals surface area (Å²) in [6, 6.07) is 4.69. The number of hydrogen-bond acceptors (Lipinski definition) is 4. The van der Waals surface area contributed by atoms with Gasteiger partial charge >= 0.3 is 6.01 Å². The van der Waals surface area contributed by atoms with E-state index in [1.54, 1.807) is 12.4 Å². The van der Waals surface area contributed by atoms with Gasteiger partial charge < -0.3 is 10.5 Å². The van der Waals surface area contributed by atoms with Crippen molar-refractivity contribution in [1.82, 2.24) is 9.97 Å². The van der Waals surface area contributed by atoms with Gasteiger partial charge in [0.15, 0.2) is 0 Å². The Morgan fingerprint density at radius 2 is 2.05 bits per heavy atom. The molecule has 1 heterocycles. The average Bonchev–Trinajstić information content (AvgIpc) is 2.45. The second-order valence-corrected chi connectivity index (χ2v) is 5.28. The number of nitrogens with two attached hydrogens (primary N) is 1. The van der Waals surface area contributed by atoms with Crippen molar-refractivity contribution in [1.29, 1.82) is 0 Å². The molecule has 1 aromatic heterocycles. The zero-order chi connectivity index (χ0) is 14.5. The lowest BCUT2D eigenvalue weighted by Gasteiger charge is -2.08. The van der Waals surface area contributed by atoms with E-state index in [9.17, 15) is 4.39 Å². The van der Waals surface area contributed by atoms with E-state index in [4.69, 9.17) is 10.5 Å². The molecule has 1 aromatic carbocycles. The van der Waals surface area contributed by atoms with Crippen molar-refractivity contribution >= 4 is 15.9 Å². The van der Waals surface area contributed by atoms with Crippen LogP contribution in [0.2, 0.25) is 0 Å². The van der Waals surface area contributed by atoms with E-state index in [0.29, 0.717) is 10.2 Å². The van der Waals surface area contributed by atoms with Gasteiger partial charge in [0.25, 0.3) is 0 Å². The van der Waals surface area contributed by atoms with Crippen LogP contribution in [-0.4, -0.2) is 16.0 Å². The van der Waals surface area contributed by atoms with Crippen LogP contribution in [0.3, 0.4) is 0 Å². The first kappa shape index (κ1) is 14.9. The van der Waals surface area contributed by atoms with Crippen LogP contribution >= 0.6 is 15.9 Å². The van der Waals surface area contributed by atoms with Crippen LogP contribution in [0, 0.1) is 5.82 Å². The highest BCUT2D eigenvalue weighted by Crippen LogP contribution is 2.24. The summed E-state index contributed by atoms with van der Waals surface area (Å²) in [4.78, 5) is 8.23. The summed E-state index contributed by atoms with van der Waals surface area (Å²) in [5.41, 5.74) is 6.83. The van der Waals surface area contributed by atoms with E-state index in [1.165, 1.54) is 18.2 Å². The van der Waals surface area contributed by atoms with Crippen LogP contribution in [0.15, 0.2) is 35.1 Å². The van der Waals surface area contributed by atoms with Gasteiger partial charge in [0, 0.05) is 18.4 Å². The quantitative estimate of drug-likeness (QED) is 0.906. The fourth-order valence-electron chi connectivity index (χ4n) is 1.59. The largest absolute Gasteiger partial charge is 0.424 e. The summed E-state index contributed by atoms with van der Waals surface area (Å²) in [6.07, 6.45) is 5.02. The molecule has 4 nitrogen and oxygen atoms in total. The SMILES string of the molecule is CCC(N)Cc1cnc(Oc2ccc(F)c(Br)c2)nc1. The van der Waals surface area contributed by atoms with Crippen molar-refractivity contribution < 1.29 is 9.13 Å². The molecule has 0 radical (unpaired) electrons. The molecule has 106 valence electrons. The fourth-order valence-corrected chi connectivity index (χ4v) is 1.95. The Balaban J connectivity index is 2.04. The fraction of sp³-hybridized carbons (Fsp3) is 0.286.